The summed E-state index contributed by atoms with van der Waals surface area (Å²) in [5, 5.41) is 0. The maximum atomic E-state index is 5.70. The molecule has 0 spiro atoms. The molecule has 104 valence electrons. The van der Waals surface area contributed by atoms with Gasteiger partial charge in [0, 0.05) is 38.1 Å². The molecule has 19 heavy (non-hydrogen) atoms. The molecule has 0 atom stereocenters. The minimum Gasteiger partial charge on any atom is -0.389 e. The molecule has 2 N–H and O–H groups in total. The smallest absolute Gasteiger partial charge is 0.129 e. The average Bonchev–Trinajstić information content (AvgIpc) is 2.39. The van der Waals surface area contributed by atoms with E-state index in [0.29, 0.717) is 10.9 Å². The zero-order valence-corrected chi connectivity index (χ0v) is 12.4. The Morgan fingerprint density at radius 3 is 2.79 bits per heavy atom. The monoisotopic (exact) mass is 279 g/mol. The summed E-state index contributed by atoms with van der Waals surface area (Å²) in [5.74, 6) is 1.61. The second-order valence-corrected chi connectivity index (χ2v) is 5.60. The fourth-order valence-electron chi connectivity index (χ4n) is 2.40. The van der Waals surface area contributed by atoms with Crippen molar-refractivity contribution < 1.29 is 4.74 Å². The van der Waals surface area contributed by atoms with E-state index < -0.39 is 0 Å². The lowest BCUT2D eigenvalue weighted by molar-refractivity contribution is 0.0685. The van der Waals surface area contributed by atoms with Gasteiger partial charge in [-0.1, -0.05) is 12.2 Å². The summed E-state index contributed by atoms with van der Waals surface area (Å²) in [6.45, 7) is 4.71. The minimum absolute atomic E-state index is 0.422. The molecule has 0 saturated carbocycles. The Bertz CT molecular complexity index is 458. The molecule has 0 amide bonds. The van der Waals surface area contributed by atoms with Crippen molar-refractivity contribution in [3.8, 4) is 0 Å². The highest BCUT2D eigenvalue weighted by Crippen LogP contribution is 2.20. The molecule has 0 aromatic carbocycles. The van der Waals surface area contributed by atoms with Gasteiger partial charge >= 0.3 is 0 Å². The zero-order valence-electron chi connectivity index (χ0n) is 11.6. The van der Waals surface area contributed by atoms with Crippen molar-refractivity contribution in [2.75, 3.05) is 31.7 Å². The number of nitrogens with zero attached hydrogens (tertiary/aromatic N) is 2. The highest BCUT2D eigenvalue weighted by molar-refractivity contribution is 7.80. The summed E-state index contributed by atoms with van der Waals surface area (Å²) in [6, 6.07) is 3.89. The standard InChI is InChI=1S/C14H21N3OS/c1-10-7-12(14(15)19)8-13(16-10)17(2)9-11-3-5-18-6-4-11/h7-8,11H,3-6,9H2,1-2H3,(H2,15,19). The Balaban J connectivity index is 2.09. The lowest BCUT2D eigenvalue weighted by atomic mass is 10.00. The summed E-state index contributed by atoms with van der Waals surface area (Å²) in [5.41, 5.74) is 7.53. The quantitative estimate of drug-likeness (QED) is 0.853. The van der Waals surface area contributed by atoms with Crippen molar-refractivity contribution in [1.29, 1.82) is 0 Å². The van der Waals surface area contributed by atoms with E-state index in [4.69, 9.17) is 22.7 Å². The van der Waals surface area contributed by atoms with Crippen molar-refractivity contribution in [3.63, 3.8) is 0 Å². The van der Waals surface area contributed by atoms with Crippen LogP contribution in [0.15, 0.2) is 12.1 Å². The van der Waals surface area contributed by atoms with Crippen LogP contribution in [0, 0.1) is 12.8 Å². The number of pyridine rings is 1. The summed E-state index contributed by atoms with van der Waals surface area (Å²) in [4.78, 5) is 7.17. The van der Waals surface area contributed by atoms with Crippen molar-refractivity contribution in [3.05, 3.63) is 23.4 Å². The van der Waals surface area contributed by atoms with Gasteiger partial charge in [0.25, 0.3) is 0 Å². The molecule has 1 fully saturated rings. The number of rotatable bonds is 4. The van der Waals surface area contributed by atoms with Gasteiger partial charge < -0.3 is 15.4 Å². The van der Waals surface area contributed by atoms with Gasteiger partial charge in [-0.05, 0) is 37.8 Å². The predicted molar refractivity (Wildman–Crippen MR) is 81.7 cm³/mol. The van der Waals surface area contributed by atoms with Gasteiger partial charge in [0.05, 0.1) is 0 Å². The Morgan fingerprint density at radius 1 is 1.47 bits per heavy atom. The molecule has 0 aliphatic carbocycles. The second-order valence-electron chi connectivity index (χ2n) is 5.16. The van der Waals surface area contributed by atoms with Gasteiger partial charge in [0.15, 0.2) is 0 Å². The number of hydrogen-bond donors (Lipinski definition) is 1. The van der Waals surface area contributed by atoms with Crippen molar-refractivity contribution in [1.82, 2.24) is 4.98 Å². The van der Waals surface area contributed by atoms with Crippen LogP contribution in [0.5, 0.6) is 0 Å². The van der Waals surface area contributed by atoms with E-state index in [2.05, 4.69) is 16.9 Å². The van der Waals surface area contributed by atoms with E-state index in [1.165, 1.54) is 0 Å². The molecule has 0 bridgehead atoms. The Morgan fingerprint density at radius 2 is 2.16 bits per heavy atom. The Labute approximate surface area is 120 Å². The van der Waals surface area contributed by atoms with Gasteiger partial charge in [-0.2, -0.15) is 0 Å². The lowest BCUT2D eigenvalue weighted by Gasteiger charge is -2.28. The fourth-order valence-corrected chi connectivity index (χ4v) is 2.52. The number of aryl methyl sites for hydroxylation is 1. The molecule has 4 nitrogen and oxygen atoms in total. The molecule has 2 heterocycles. The van der Waals surface area contributed by atoms with E-state index in [9.17, 15) is 0 Å². The molecule has 1 aliphatic heterocycles. The van der Waals surface area contributed by atoms with Gasteiger partial charge in [-0.15, -0.1) is 0 Å². The zero-order chi connectivity index (χ0) is 13.8. The molecule has 1 aliphatic rings. The van der Waals surface area contributed by atoms with Gasteiger partial charge in [-0.3, -0.25) is 0 Å². The number of aromatic nitrogens is 1. The van der Waals surface area contributed by atoms with Crippen molar-refractivity contribution >= 4 is 23.0 Å². The number of nitrogens with two attached hydrogens (primary N) is 1. The largest absolute Gasteiger partial charge is 0.389 e. The van der Waals surface area contributed by atoms with Gasteiger partial charge in [0.2, 0.25) is 0 Å². The normalized spacial score (nSPS) is 16.3. The molecule has 1 saturated heterocycles. The van der Waals surface area contributed by atoms with E-state index in [0.717, 1.165) is 49.7 Å². The first-order valence-corrected chi connectivity index (χ1v) is 7.04. The second kappa shape index (κ2) is 6.30. The van der Waals surface area contributed by atoms with E-state index in [1.54, 1.807) is 0 Å². The predicted octanol–water partition coefficient (Wildman–Crippen LogP) is 1.89. The van der Waals surface area contributed by atoms with Crippen LogP contribution >= 0.6 is 12.2 Å². The first-order valence-electron chi connectivity index (χ1n) is 6.63. The average molecular weight is 279 g/mol. The molecule has 0 unspecified atom stereocenters. The van der Waals surface area contributed by atoms with Crippen LogP contribution in [-0.4, -0.2) is 36.8 Å². The number of thiocarbonyl (C=S) groups is 1. The van der Waals surface area contributed by atoms with Crippen LogP contribution in [-0.2, 0) is 4.74 Å². The minimum atomic E-state index is 0.422. The topological polar surface area (TPSA) is 51.4 Å². The number of ether oxygens (including phenoxy) is 1. The fraction of sp³-hybridized carbons (Fsp3) is 0.571. The number of hydrogen-bond acceptors (Lipinski definition) is 4. The van der Waals surface area contributed by atoms with Crippen LogP contribution in [0.2, 0.25) is 0 Å². The molecule has 5 heteroatoms. The molecule has 1 aromatic heterocycles. The van der Waals surface area contributed by atoms with Crippen LogP contribution in [0.4, 0.5) is 5.82 Å². The van der Waals surface area contributed by atoms with E-state index in [-0.39, 0.29) is 0 Å². The third-order valence-electron chi connectivity index (χ3n) is 3.49. The van der Waals surface area contributed by atoms with Crippen molar-refractivity contribution in [2.24, 2.45) is 11.7 Å². The van der Waals surface area contributed by atoms with E-state index in [1.807, 2.05) is 19.1 Å². The third-order valence-corrected chi connectivity index (χ3v) is 3.72. The molecule has 0 radical (unpaired) electrons. The van der Waals surface area contributed by atoms with Gasteiger partial charge in [0.1, 0.15) is 10.8 Å². The third kappa shape index (κ3) is 3.88. The SMILES string of the molecule is Cc1cc(C(N)=S)cc(N(C)CC2CCOCC2)n1. The van der Waals surface area contributed by atoms with Crippen LogP contribution in [0.25, 0.3) is 0 Å². The highest BCUT2D eigenvalue weighted by Gasteiger charge is 2.17. The van der Waals surface area contributed by atoms with Crippen LogP contribution in [0.3, 0.4) is 0 Å². The maximum Gasteiger partial charge on any atom is 0.129 e. The van der Waals surface area contributed by atoms with Crippen LogP contribution < -0.4 is 10.6 Å². The van der Waals surface area contributed by atoms with E-state index >= 15 is 0 Å². The summed E-state index contributed by atoms with van der Waals surface area (Å²) in [6.07, 6.45) is 2.25. The lowest BCUT2D eigenvalue weighted by Crippen LogP contribution is -2.30. The van der Waals surface area contributed by atoms with Crippen molar-refractivity contribution in [2.45, 2.75) is 19.8 Å². The molecule has 2 rings (SSSR count). The Kier molecular flexibility index (Phi) is 4.71. The molecular weight excluding hydrogens is 258 g/mol. The summed E-state index contributed by atoms with van der Waals surface area (Å²) < 4.78 is 5.39. The number of anilines is 1. The van der Waals surface area contributed by atoms with Gasteiger partial charge in [-0.25, -0.2) is 4.98 Å². The summed E-state index contributed by atoms with van der Waals surface area (Å²) >= 11 is 5.04. The molecular formula is C14H21N3OS. The van der Waals surface area contributed by atoms with Crippen LogP contribution in [0.1, 0.15) is 24.1 Å². The first kappa shape index (κ1) is 14.2. The maximum absolute atomic E-state index is 5.70. The Hall–Kier alpha value is -1.20. The molecule has 1 aromatic rings. The highest BCUT2D eigenvalue weighted by atomic mass is 32.1. The first-order chi connectivity index (χ1) is 9.06. The summed E-state index contributed by atoms with van der Waals surface area (Å²) in [7, 11) is 2.07.